The molecule has 1 aromatic heterocycles. The van der Waals surface area contributed by atoms with Crippen molar-refractivity contribution in [3.8, 4) is 22.7 Å². The monoisotopic (exact) mass is 440 g/mol. The number of β-amino-alcohol motifs (C(OH)–C–C–N with tert-alkyl or cyclic N) is 1. The molecule has 0 saturated carbocycles. The van der Waals surface area contributed by atoms with Gasteiger partial charge in [0.05, 0.1) is 29.6 Å². The van der Waals surface area contributed by atoms with Crippen LogP contribution in [0.3, 0.4) is 0 Å². The number of piperidine rings is 1. The lowest BCUT2D eigenvalue weighted by Gasteiger charge is -2.29. The summed E-state index contributed by atoms with van der Waals surface area (Å²) in [6.45, 7) is 4.28. The van der Waals surface area contributed by atoms with Crippen molar-refractivity contribution in [3.05, 3.63) is 65.3 Å². The predicted octanol–water partition coefficient (Wildman–Crippen LogP) is 3.75. The number of benzene rings is 2. The van der Waals surface area contributed by atoms with E-state index in [1.165, 1.54) is 0 Å². The molecule has 1 atom stereocenters. The number of ether oxygens (including phenoxy) is 1. The zero-order valence-electron chi connectivity index (χ0n) is 17.8. The van der Waals surface area contributed by atoms with Crippen LogP contribution in [0.4, 0.5) is 0 Å². The van der Waals surface area contributed by atoms with E-state index in [1.807, 2.05) is 53.2 Å². The zero-order chi connectivity index (χ0) is 21.6. The fraction of sp³-hybridized carbons (Fsp3) is 0.375. The summed E-state index contributed by atoms with van der Waals surface area (Å²) in [6.07, 6.45) is 3.84. The lowest BCUT2D eigenvalue weighted by Crippen LogP contribution is -2.41. The fourth-order valence-electron chi connectivity index (χ4n) is 3.98. The van der Waals surface area contributed by atoms with Crippen LogP contribution >= 0.6 is 11.6 Å². The molecule has 1 saturated heterocycles. The normalized spacial score (nSPS) is 17.1. The first kappa shape index (κ1) is 21.8. The molecule has 7 heteroatoms. The molecule has 2 N–H and O–H groups in total. The molecule has 1 unspecified atom stereocenters. The smallest absolute Gasteiger partial charge is 0.119 e. The number of nitrogens with one attached hydrogen (secondary N) is 1. The van der Waals surface area contributed by atoms with Crippen LogP contribution in [-0.2, 0) is 6.54 Å². The summed E-state index contributed by atoms with van der Waals surface area (Å²) in [4.78, 5) is 2.32. The van der Waals surface area contributed by atoms with Gasteiger partial charge in [0.2, 0.25) is 0 Å². The molecule has 6 nitrogen and oxygen atoms in total. The molecule has 0 aliphatic carbocycles. The second kappa shape index (κ2) is 10.3. The Morgan fingerprint density at radius 3 is 2.74 bits per heavy atom. The second-order valence-corrected chi connectivity index (χ2v) is 8.31. The summed E-state index contributed by atoms with van der Waals surface area (Å²) < 4.78 is 7.15. The molecule has 2 heterocycles. The van der Waals surface area contributed by atoms with Gasteiger partial charge in [0.25, 0.3) is 0 Å². The Labute approximate surface area is 188 Å². The van der Waals surface area contributed by atoms with Gasteiger partial charge in [0.15, 0.2) is 0 Å². The second-order valence-electron chi connectivity index (χ2n) is 7.90. The van der Waals surface area contributed by atoms with Crippen LogP contribution in [0.5, 0.6) is 5.75 Å². The lowest BCUT2D eigenvalue weighted by atomic mass is 10.1. The number of methoxy groups -OCH3 is 1. The minimum atomic E-state index is -0.191. The van der Waals surface area contributed by atoms with Gasteiger partial charge in [-0.1, -0.05) is 29.8 Å². The van der Waals surface area contributed by atoms with Crippen LogP contribution in [0.15, 0.2) is 54.7 Å². The van der Waals surface area contributed by atoms with Gasteiger partial charge < -0.3 is 15.2 Å². The van der Waals surface area contributed by atoms with Crippen LogP contribution in [0, 0.1) is 0 Å². The molecule has 0 radical (unpaired) electrons. The van der Waals surface area contributed by atoms with E-state index in [4.69, 9.17) is 21.4 Å². The minimum Gasteiger partial charge on any atom is -0.497 e. The summed E-state index contributed by atoms with van der Waals surface area (Å²) in [5.41, 5.74) is 3.85. The van der Waals surface area contributed by atoms with Gasteiger partial charge in [-0.2, -0.15) is 5.10 Å². The van der Waals surface area contributed by atoms with Gasteiger partial charge in [0.1, 0.15) is 5.75 Å². The van der Waals surface area contributed by atoms with E-state index in [0.29, 0.717) is 11.6 Å². The Bertz CT molecular complexity index is 989. The first-order chi connectivity index (χ1) is 15.1. The number of rotatable bonds is 8. The van der Waals surface area contributed by atoms with Crippen molar-refractivity contribution in [2.75, 3.05) is 33.3 Å². The Balaban J connectivity index is 1.50. The van der Waals surface area contributed by atoms with Crippen LogP contribution in [0.1, 0.15) is 18.4 Å². The standard InChI is InChI=1S/C24H29ClN4O2/c1-31-21-10-8-19(9-11-21)29-16-18(24(27-29)22-6-2-3-7-23(22)25)15-26-12-14-28-13-4-5-20(30)17-28/h2-3,6-11,16,20,26,30H,4-5,12-15,17H2,1H3. The van der Waals surface area contributed by atoms with Crippen molar-refractivity contribution in [1.82, 2.24) is 20.0 Å². The third-order valence-electron chi connectivity index (χ3n) is 5.66. The minimum absolute atomic E-state index is 0.191. The highest BCUT2D eigenvalue weighted by Gasteiger charge is 2.18. The molecular weight excluding hydrogens is 412 g/mol. The molecule has 4 rings (SSSR count). The summed E-state index contributed by atoms with van der Waals surface area (Å²) in [5, 5.41) is 18.9. The average Bonchev–Trinajstić information content (AvgIpc) is 3.21. The summed E-state index contributed by atoms with van der Waals surface area (Å²) in [7, 11) is 1.66. The van der Waals surface area contributed by atoms with Crippen LogP contribution in [0.25, 0.3) is 16.9 Å². The Morgan fingerprint density at radius 1 is 1.19 bits per heavy atom. The third-order valence-corrected chi connectivity index (χ3v) is 5.99. The number of halogens is 1. The van der Waals surface area contributed by atoms with E-state index >= 15 is 0 Å². The molecule has 1 aliphatic rings. The zero-order valence-corrected chi connectivity index (χ0v) is 18.6. The maximum Gasteiger partial charge on any atom is 0.119 e. The highest BCUT2D eigenvalue weighted by molar-refractivity contribution is 6.33. The number of hydrogen-bond donors (Lipinski definition) is 2. The van der Waals surface area contributed by atoms with E-state index in [2.05, 4.69) is 16.4 Å². The van der Waals surface area contributed by atoms with E-state index in [1.54, 1.807) is 7.11 Å². The van der Waals surface area contributed by atoms with Crippen LogP contribution in [-0.4, -0.2) is 59.2 Å². The Morgan fingerprint density at radius 2 is 2.00 bits per heavy atom. The maximum atomic E-state index is 9.85. The molecule has 1 aliphatic heterocycles. The van der Waals surface area contributed by atoms with Gasteiger partial charge in [-0.3, -0.25) is 4.90 Å². The van der Waals surface area contributed by atoms with Crippen molar-refractivity contribution in [1.29, 1.82) is 0 Å². The molecule has 0 amide bonds. The summed E-state index contributed by atoms with van der Waals surface area (Å²) >= 11 is 6.49. The molecule has 2 aromatic carbocycles. The number of likely N-dealkylation sites (tertiary alicyclic amines) is 1. The third kappa shape index (κ3) is 5.46. The van der Waals surface area contributed by atoms with Crippen LogP contribution in [0.2, 0.25) is 5.02 Å². The topological polar surface area (TPSA) is 62.5 Å². The van der Waals surface area contributed by atoms with E-state index in [-0.39, 0.29) is 6.10 Å². The number of nitrogens with zero attached hydrogens (tertiary/aromatic N) is 3. The molecule has 0 bridgehead atoms. The van der Waals surface area contributed by atoms with Gasteiger partial charge in [-0.05, 0) is 49.7 Å². The molecule has 3 aromatic rings. The first-order valence-electron chi connectivity index (χ1n) is 10.7. The highest BCUT2D eigenvalue weighted by Crippen LogP contribution is 2.30. The molecule has 31 heavy (non-hydrogen) atoms. The molecule has 164 valence electrons. The summed E-state index contributed by atoms with van der Waals surface area (Å²) in [5.74, 6) is 0.812. The number of hydrogen-bond acceptors (Lipinski definition) is 5. The van der Waals surface area contributed by atoms with Gasteiger partial charge in [0, 0.05) is 43.5 Å². The number of aliphatic hydroxyl groups is 1. The van der Waals surface area contributed by atoms with Crippen molar-refractivity contribution in [2.45, 2.75) is 25.5 Å². The maximum absolute atomic E-state index is 9.85. The van der Waals surface area contributed by atoms with Crippen molar-refractivity contribution in [3.63, 3.8) is 0 Å². The largest absolute Gasteiger partial charge is 0.497 e. The van der Waals surface area contributed by atoms with Crippen molar-refractivity contribution < 1.29 is 9.84 Å². The van der Waals surface area contributed by atoms with Gasteiger partial charge >= 0.3 is 0 Å². The Kier molecular flexibility index (Phi) is 7.25. The van der Waals surface area contributed by atoms with Crippen molar-refractivity contribution in [2.24, 2.45) is 0 Å². The van der Waals surface area contributed by atoms with Crippen LogP contribution < -0.4 is 10.1 Å². The lowest BCUT2D eigenvalue weighted by molar-refractivity contribution is 0.0712. The Hall–Kier alpha value is -2.38. The highest BCUT2D eigenvalue weighted by atomic mass is 35.5. The van der Waals surface area contributed by atoms with E-state index < -0.39 is 0 Å². The van der Waals surface area contributed by atoms with Crippen molar-refractivity contribution >= 4 is 11.6 Å². The molecule has 1 fully saturated rings. The predicted molar refractivity (Wildman–Crippen MR) is 124 cm³/mol. The molecule has 0 spiro atoms. The average molecular weight is 441 g/mol. The van der Waals surface area contributed by atoms with Gasteiger partial charge in [-0.25, -0.2) is 4.68 Å². The first-order valence-corrected chi connectivity index (χ1v) is 11.1. The summed E-state index contributed by atoms with van der Waals surface area (Å²) in [6, 6.07) is 15.6. The number of aromatic nitrogens is 2. The SMILES string of the molecule is COc1ccc(-n2cc(CNCCN3CCCC(O)C3)c(-c3ccccc3Cl)n2)cc1. The quantitative estimate of drug-likeness (QED) is 0.522. The molecular formula is C24H29ClN4O2. The van der Waals surface area contributed by atoms with Gasteiger partial charge in [-0.15, -0.1) is 0 Å². The fourth-order valence-corrected chi connectivity index (χ4v) is 4.21. The number of aliphatic hydroxyl groups excluding tert-OH is 1. The van der Waals surface area contributed by atoms with E-state index in [0.717, 1.165) is 67.3 Å². The van der Waals surface area contributed by atoms with E-state index in [9.17, 15) is 5.11 Å².